The van der Waals surface area contributed by atoms with Gasteiger partial charge in [-0.1, -0.05) is 30.3 Å². The molecule has 1 aliphatic rings. The van der Waals surface area contributed by atoms with E-state index in [1.165, 1.54) is 16.7 Å². The summed E-state index contributed by atoms with van der Waals surface area (Å²) in [6, 6.07) is 15.4. The maximum atomic E-state index is 5.78. The quantitative estimate of drug-likeness (QED) is 0.876. The van der Waals surface area contributed by atoms with E-state index in [0.29, 0.717) is 12.6 Å². The molecule has 21 heavy (non-hydrogen) atoms. The predicted octanol–water partition coefficient (Wildman–Crippen LogP) is 4.79. The highest BCUT2D eigenvalue weighted by Crippen LogP contribution is 2.36. The Hall–Kier alpha value is -1.61. The number of hydrogen-bond acceptors (Lipinski definition) is 3. The molecule has 1 atom stereocenters. The molecular weight excluding hydrogens is 278 g/mol. The maximum Gasteiger partial charge on any atom is 0.142 e. The molecule has 1 heterocycles. The summed E-state index contributed by atoms with van der Waals surface area (Å²) in [7, 11) is 0. The molecule has 0 aromatic heterocycles. The second-order valence-corrected chi connectivity index (χ2v) is 6.37. The van der Waals surface area contributed by atoms with Crippen molar-refractivity contribution in [1.29, 1.82) is 0 Å². The molecule has 0 saturated carbocycles. The van der Waals surface area contributed by atoms with Gasteiger partial charge in [0.05, 0.1) is 18.3 Å². The van der Waals surface area contributed by atoms with Crippen LogP contribution in [0.5, 0.6) is 5.75 Å². The first-order valence-electron chi connectivity index (χ1n) is 7.43. The van der Waals surface area contributed by atoms with Crippen molar-refractivity contribution in [3.05, 3.63) is 59.2 Å². The SMILES string of the molecule is CCOc1cc(C)ccc1NC1CSCc2ccccc21. The summed E-state index contributed by atoms with van der Waals surface area (Å²) >= 11 is 1.98. The summed E-state index contributed by atoms with van der Waals surface area (Å²) < 4.78 is 5.78. The van der Waals surface area contributed by atoms with Crippen molar-refractivity contribution < 1.29 is 4.74 Å². The Bertz CT molecular complexity index is 626. The Labute approximate surface area is 130 Å². The number of ether oxygens (including phenoxy) is 1. The molecule has 0 spiro atoms. The van der Waals surface area contributed by atoms with Crippen LogP contribution in [0.15, 0.2) is 42.5 Å². The lowest BCUT2D eigenvalue weighted by molar-refractivity contribution is 0.341. The average Bonchev–Trinajstić information content (AvgIpc) is 2.50. The third-order valence-electron chi connectivity index (χ3n) is 3.74. The van der Waals surface area contributed by atoms with Crippen LogP contribution in [0.2, 0.25) is 0 Å². The molecule has 3 heteroatoms. The van der Waals surface area contributed by atoms with E-state index < -0.39 is 0 Å². The lowest BCUT2D eigenvalue weighted by Crippen LogP contribution is -2.19. The van der Waals surface area contributed by atoms with Crippen molar-refractivity contribution in [2.75, 3.05) is 17.7 Å². The zero-order valence-electron chi connectivity index (χ0n) is 12.6. The molecule has 1 aliphatic heterocycles. The lowest BCUT2D eigenvalue weighted by atomic mass is 10.0. The van der Waals surface area contributed by atoms with Gasteiger partial charge in [0.25, 0.3) is 0 Å². The molecule has 2 nitrogen and oxygen atoms in total. The summed E-state index contributed by atoms with van der Waals surface area (Å²) in [6.07, 6.45) is 0. The highest BCUT2D eigenvalue weighted by molar-refractivity contribution is 7.98. The van der Waals surface area contributed by atoms with E-state index in [2.05, 4.69) is 54.7 Å². The molecule has 0 bridgehead atoms. The second-order valence-electron chi connectivity index (χ2n) is 5.34. The Morgan fingerprint density at radius 2 is 2.10 bits per heavy atom. The van der Waals surface area contributed by atoms with Crippen LogP contribution in [-0.4, -0.2) is 12.4 Å². The molecular formula is C18H21NOS. The van der Waals surface area contributed by atoms with Crippen LogP contribution in [-0.2, 0) is 5.75 Å². The highest BCUT2D eigenvalue weighted by atomic mass is 32.2. The summed E-state index contributed by atoms with van der Waals surface area (Å²) in [5.41, 5.74) is 5.17. The summed E-state index contributed by atoms with van der Waals surface area (Å²) in [5, 5.41) is 3.67. The number of rotatable bonds is 4. The minimum Gasteiger partial charge on any atom is -0.492 e. The van der Waals surface area contributed by atoms with Gasteiger partial charge in [-0.25, -0.2) is 0 Å². The van der Waals surface area contributed by atoms with Crippen LogP contribution in [0.1, 0.15) is 29.7 Å². The number of nitrogens with one attached hydrogen (secondary N) is 1. The minimum absolute atomic E-state index is 0.349. The topological polar surface area (TPSA) is 21.3 Å². The van der Waals surface area contributed by atoms with Crippen molar-refractivity contribution in [3.8, 4) is 5.75 Å². The number of hydrogen-bond donors (Lipinski definition) is 1. The van der Waals surface area contributed by atoms with Gasteiger partial charge in [0.15, 0.2) is 0 Å². The third kappa shape index (κ3) is 3.18. The summed E-state index contributed by atoms with van der Waals surface area (Å²) in [6.45, 7) is 4.81. The van der Waals surface area contributed by atoms with Crippen molar-refractivity contribution in [1.82, 2.24) is 0 Å². The van der Waals surface area contributed by atoms with E-state index >= 15 is 0 Å². The Morgan fingerprint density at radius 1 is 1.24 bits per heavy atom. The van der Waals surface area contributed by atoms with Gasteiger partial charge in [0, 0.05) is 11.5 Å². The highest BCUT2D eigenvalue weighted by Gasteiger charge is 2.20. The fourth-order valence-electron chi connectivity index (χ4n) is 2.71. The molecule has 0 fully saturated rings. The average molecular weight is 299 g/mol. The van der Waals surface area contributed by atoms with E-state index in [4.69, 9.17) is 4.74 Å². The molecule has 2 aromatic rings. The van der Waals surface area contributed by atoms with Gasteiger partial charge in [-0.2, -0.15) is 11.8 Å². The molecule has 0 amide bonds. The summed E-state index contributed by atoms with van der Waals surface area (Å²) in [4.78, 5) is 0. The molecule has 1 N–H and O–H groups in total. The largest absolute Gasteiger partial charge is 0.492 e. The fraction of sp³-hybridized carbons (Fsp3) is 0.333. The van der Waals surface area contributed by atoms with Crippen LogP contribution in [0.4, 0.5) is 5.69 Å². The van der Waals surface area contributed by atoms with Gasteiger partial charge in [-0.3, -0.25) is 0 Å². The van der Waals surface area contributed by atoms with Crippen LogP contribution in [0, 0.1) is 6.92 Å². The monoisotopic (exact) mass is 299 g/mol. The second kappa shape index (κ2) is 6.44. The molecule has 110 valence electrons. The molecule has 0 radical (unpaired) electrons. The first-order valence-corrected chi connectivity index (χ1v) is 8.59. The molecule has 3 rings (SSSR count). The molecule has 1 unspecified atom stereocenters. The maximum absolute atomic E-state index is 5.78. The Morgan fingerprint density at radius 3 is 2.95 bits per heavy atom. The number of anilines is 1. The van der Waals surface area contributed by atoms with Gasteiger partial charge in [0.1, 0.15) is 5.75 Å². The Kier molecular flexibility index (Phi) is 4.39. The minimum atomic E-state index is 0.349. The van der Waals surface area contributed by atoms with Crippen molar-refractivity contribution in [2.45, 2.75) is 25.6 Å². The smallest absolute Gasteiger partial charge is 0.142 e. The van der Waals surface area contributed by atoms with E-state index in [1.807, 2.05) is 18.7 Å². The zero-order chi connectivity index (χ0) is 14.7. The number of thioether (sulfide) groups is 1. The van der Waals surface area contributed by atoms with E-state index in [-0.39, 0.29) is 0 Å². The van der Waals surface area contributed by atoms with Gasteiger partial charge < -0.3 is 10.1 Å². The van der Waals surface area contributed by atoms with Crippen LogP contribution in [0.3, 0.4) is 0 Å². The van der Waals surface area contributed by atoms with Crippen molar-refractivity contribution in [2.24, 2.45) is 0 Å². The molecule has 0 saturated heterocycles. The lowest BCUT2D eigenvalue weighted by Gasteiger charge is -2.27. The van der Waals surface area contributed by atoms with Gasteiger partial charge >= 0.3 is 0 Å². The Balaban J connectivity index is 1.88. The van der Waals surface area contributed by atoms with Crippen LogP contribution < -0.4 is 10.1 Å². The van der Waals surface area contributed by atoms with E-state index in [0.717, 1.165) is 22.9 Å². The summed E-state index contributed by atoms with van der Waals surface area (Å²) in [5.74, 6) is 3.15. The van der Waals surface area contributed by atoms with E-state index in [1.54, 1.807) is 0 Å². The van der Waals surface area contributed by atoms with Crippen molar-refractivity contribution in [3.63, 3.8) is 0 Å². The number of benzene rings is 2. The zero-order valence-corrected chi connectivity index (χ0v) is 13.4. The van der Waals surface area contributed by atoms with E-state index in [9.17, 15) is 0 Å². The first-order chi connectivity index (χ1) is 10.3. The van der Waals surface area contributed by atoms with Crippen LogP contribution >= 0.6 is 11.8 Å². The standard InChI is InChI=1S/C18H21NOS/c1-3-20-18-10-13(2)8-9-16(18)19-17-12-21-11-14-6-4-5-7-15(14)17/h4-10,17,19H,3,11-12H2,1-2H3. The third-order valence-corrected chi connectivity index (χ3v) is 4.82. The van der Waals surface area contributed by atoms with Crippen LogP contribution in [0.25, 0.3) is 0 Å². The fourth-order valence-corrected chi connectivity index (χ4v) is 3.81. The van der Waals surface area contributed by atoms with Gasteiger partial charge in [0.2, 0.25) is 0 Å². The molecule has 2 aromatic carbocycles. The predicted molar refractivity (Wildman–Crippen MR) is 91.3 cm³/mol. The molecule has 0 aliphatic carbocycles. The number of fused-ring (bicyclic) bond motifs is 1. The first kappa shape index (κ1) is 14.3. The normalized spacial score (nSPS) is 17.1. The van der Waals surface area contributed by atoms with Gasteiger partial charge in [-0.05, 0) is 42.7 Å². The van der Waals surface area contributed by atoms with Crippen molar-refractivity contribution >= 4 is 17.4 Å². The van der Waals surface area contributed by atoms with Gasteiger partial charge in [-0.15, -0.1) is 0 Å². The number of aryl methyl sites for hydroxylation is 1.